The molecular formula is C23H18N2O3. The number of hydrogen-bond acceptors (Lipinski definition) is 4. The first-order valence-corrected chi connectivity index (χ1v) is 8.95. The number of fused-ring (bicyclic) bond motifs is 1. The minimum atomic E-state index is -0.539. The maximum Gasteiger partial charge on any atom is 0.188 e. The number of rotatable bonds is 6. The Morgan fingerprint density at radius 2 is 1.54 bits per heavy atom. The monoisotopic (exact) mass is 370 g/mol. The molecule has 0 aliphatic carbocycles. The predicted molar refractivity (Wildman–Crippen MR) is 107 cm³/mol. The molecule has 1 aromatic heterocycles. The number of carbonyl (C=O) groups excluding carboxylic acids is 2. The summed E-state index contributed by atoms with van der Waals surface area (Å²) < 4.78 is 0. The van der Waals surface area contributed by atoms with Crippen molar-refractivity contribution >= 4 is 22.6 Å². The minimum absolute atomic E-state index is 0.0369. The van der Waals surface area contributed by atoms with E-state index in [9.17, 15) is 9.59 Å². The number of ketones is 2. The number of H-pyrrole nitrogens is 1. The first kappa shape index (κ1) is 17.8. The lowest BCUT2D eigenvalue weighted by molar-refractivity contribution is 0.0902. The first-order valence-electron chi connectivity index (χ1n) is 8.95. The van der Waals surface area contributed by atoms with Gasteiger partial charge in [0, 0.05) is 23.1 Å². The van der Waals surface area contributed by atoms with Crippen molar-refractivity contribution in [2.24, 2.45) is 0 Å². The SMILES string of the molecule is O=C(CO)c1ccc(C(=O)Cc2ccc3nc(-c4ccccc4)[nH]c3c2)cc1. The van der Waals surface area contributed by atoms with Crippen LogP contribution >= 0.6 is 0 Å². The van der Waals surface area contributed by atoms with Crippen LogP contribution < -0.4 is 0 Å². The Morgan fingerprint density at radius 1 is 0.857 bits per heavy atom. The number of benzene rings is 3. The molecule has 5 heteroatoms. The van der Waals surface area contributed by atoms with Crippen molar-refractivity contribution < 1.29 is 14.7 Å². The Bertz CT molecular complexity index is 1150. The average Bonchev–Trinajstić information content (AvgIpc) is 3.17. The zero-order chi connectivity index (χ0) is 19.5. The Balaban J connectivity index is 1.54. The zero-order valence-electron chi connectivity index (χ0n) is 15.1. The van der Waals surface area contributed by atoms with Gasteiger partial charge < -0.3 is 10.1 Å². The lowest BCUT2D eigenvalue weighted by Gasteiger charge is -2.03. The van der Waals surface area contributed by atoms with Gasteiger partial charge in [-0.15, -0.1) is 0 Å². The fraction of sp³-hybridized carbons (Fsp3) is 0.0870. The van der Waals surface area contributed by atoms with Gasteiger partial charge in [0.2, 0.25) is 0 Å². The third kappa shape index (κ3) is 3.61. The molecule has 0 unspecified atom stereocenters. The number of aromatic nitrogens is 2. The third-order valence-electron chi connectivity index (χ3n) is 4.63. The van der Waals surface area contributed by atoms with Gasteiger partial charge in [0.05, 0.1) is 11.0 Å². The highest BCUT2D eigenvalue weighted by Gasteiger charge is 2.11. The summed E-state index contributed by atoms with van der Waals surface area (Å²) in [6.45, 7) is -0.539. The Morgan fingerprint density at radius 3 is 2.21 bits per heavy atom. The molecule has 0 amide bonds. The lowest BCUT2D eigenvalue weighted by atomic mass is 10.0. The van der Waals surface area contributed by atoms with Crippen molar-refractivity contribution in [2.45, 2.75) is 6.42 Å². The second-order valence-corrected chi connectivity index (χ2v) is 6.56. The largest absolute Gasteiger partial charge is 0.388 e. The summed E-state index contributed by atoms with van der Waals surface area (Å²) in [7, 11) is 0. The number of aromatic amines is 1. The standard InChI is InChI=1S/C23H18N2O3/c26-14-22(28)17-9-7-16(8-10-17)21(27)13-15-6-11-19-20(12-15)25-23(24-19)18-4-2-1-3-5-18/h1-12,26H,13-14H2,(H,24,25). The summed E-state index contributed by atoms with van der Waals surface area (Å²) >= 11 is 0. The topological polar surface area (TPSA) is 83.0 Å². The van der Waals surface area contributed by atoms with E-state index < -0.39 is 6.61 Å². The molecule has 0 fully saturated rings. The summed E-state index contributed by atoms with van der Waals surface area (Å²) in [5.74, 6) is 0.395. The minimum Gasteiger partial charge on any atom is -0.388 e. The van der Waals surface area contributed by atoms with Crippen LogP contribution in [0.5, 0.6) is 0 Å². The van der Waals surface area contributed by atoms with Crippen molar-refractivity contribution in [1.29, 1.82) is 0 Å². The normalized spacial score (nSPS) is 10.9. The van der Waals surface area contributed by atoms with Gasteiger partial charge >= 0.3 is 0 Å². The Labute approximate surface area is 161 Å². The first-order chi connectivity index (χ1) is 13.6. The van der Waals surface area contributed by atoms with Crippen LogP contribution in [0.15, 0.2) is 72.8 Å². The number of nitrogens with one attached hydrogen (secondary N) is 1. The quantitative estimate of drug-likeness (QED) is 0.505. The number of nitrogens with zero attached hydrogens (tertiary/aromatic N) is 1. The van der Waals surface area contributed by atoms with E-state index in [4.69, 9.17) is 5.11 Å². The van der Waals surface area contributed by atoms with Crippen LogP contribution in [-0.2, 0) is 6.42 Å². The van der Waals surface area contributed by atoms with Crippen molar-refractivity contribution in [2.75, 3.05) is 6.61 Å². The molecule has 0 spiro atoms. The molecule has 0 saturated heterocycles. The second kappa shape index (κ2) is 7.58. The van der Waals surface area contributed by atoms with E-state index in [0.29, 0.717) is 11.1 Å². The fourth-order valence-electron chi connectivity index (χ4n) is 3.12. The number of imidazole rings is 1. The molecule has 5 nitrogen and oxygen atoms in total. The molecule has 0 saturated carbocycles. The van der Waals surface area contributed by atoms with Gasteiger partial charge in [-0.25, -0.2) is 4.98 Å². The zero-order valence-corrected chi connectivity index (χ0v) is 15.1. The van der Waals surface area contributed by atoms with E-state index in [0.717, 1.165) is 28.0 Å². The Kier molecular flexibility index (Phi) is 4.83. The lowest BCUT2D eigenvalue weighted by Crippen LogP contribution is -2.07. The molecule has 0 aliphatic heterocycles. The second-order valence-electron chi connectivity index (χ2n) is 6.56. The van der Waals surface area contributed by atoms with Crippen LogP contribution in [0.3, 0.4) is 0 Å². The van der Waals surface area contributed by atoms with E-state index in [-0.39, 0.29) is 18.0 Å². The van der Waals surface area contributed by atoms with E-state index in [2.05, 4.69) is 9.97 Å². The fourth-order valence-corrected chi connectivity index (χ4v) is 3.12. The van der Waals surface area contributed by atoms with Crippen LogP contribution in [0.25, 0.3) is 22.4 Å². The van der Waals surface area contributed by atoms with E-state index >= 15 is 0 Å². The van der Waals surface area contributed by atoms with Crippen molar-refractivity contribution in [3.8, 4) is 11.4 Å². The van der Waals surface area contributed by atoms with Crippen LogP contribution in [0.2, 0.25) is 0 Å². The molecule has 0 radical (unpaired) electrons. The highest BCUT2D eigenvalue weighted by molar-refractivity contribution is 6.00. The molecule has 28 heavy (non-hydrogen) atoms. The van der Waals surface area contributed by atoms with Crippen molar-refractivity contribution in [3.63, 3.8) is 0 Å². The van der Waals surface area contributed by atoms with E-state index in [1.807, 2.05) is 48.5 Å². The number of carbonyl (C=O) groups is 2. The van der Waals surface area contributed by atoms with Crippen LogP contribution in [0.4, 0.5) is 0 Å². The molecule has 0 atom stereocenters. The van der Waals surface area contributed by atoms with Crippen LogP contribution in [-0.4, -0.2) is 33.2 Å². The molecular weight excluding hydrogens is 352 g/mol. The summed E-state index contributed by atoms with van der Waals surface area (Å²) in [5, 5.41) is 8.90. The molecule has 4 aromatic rings. The summed E-state index contributed by atoms with van der Waals surface area (Å²) in [5.41, 5.74) is 4.55. The number of aliphatic hydroxyl groups excluding tert-OH is 1. The number of hydrogen-bond donors (Lipinski definition) is 2. The van der Waals surface area contributed by atoms with E-state index in [1.54, 1.807) is 24.3 Å². The molecule has 138 valence electrons. The average molecular weight is 370 g/mol. The van der Waals surface area contributed by atoms with Gasteiger partial charge in [-0.1, -0.05) is 60.7 Å². The molecule has 3 aromatic carbocycles. The third-order valence-corrected chi connectivity index (χ3v) is 4.63. The van der Waals surface area contributed by atoms with Crippen LogP contribution in [0.1, 0.15) is 26.3 Å². The molecule has 0 aliphatic rings. The van der Waals surface area contributed by atoms with Gasteiger partial charge in [-0.3, -0.25) is 9.59 Å². The van der Waals surface area contributed by atoms with Crippen molar-refractivity contribution in [3.05, 3.63) is 89.5 Å². The van der Waals surface area contributed by atoms with Crippen LogP contribution in [0, 0.1) is 0 Å². The highest BCUT2D eigenvalue weighted by Crippen LogP contribution is 2.21. The summed E-state index contributed by atoms with van der Waals surface area (Å²) in [6.07, 6.45) is 0.253. The molecule has 0 bridgehead atoms. The summed E-state index contributed by atoms with van der Waals surface area (Å²) in [6, 6.07) is 22.0. The van der Waals surface area contributed by atoms with Gasteiger partial charge in [-0.05, 0) is 17.7 Å². The van der Waals surface area contributed by atoms with Gasteiger partial charge in [0.25, 0.3) is 0 Å². The van der Waals surface area contributed by atoms with Crippen molar-refractivity contribution in [1.82, 2.24) is 9.97 Å². The van der Waals surface area contributed by atoms with E-state index in [1.165, 1.54) is 0 Å². The predicted octanol–water partition coefficient (Wildman–Crippen LogP) is 3.83. The Hall–Kier alpha value is -3.57. The highest BCUT2D eigenvalue weighted by atomic mass is 16.3. The molecule has 1 heterocycles. The molecule has 2 N–H and O–H groups in total. The maximum absolute atomic E-state index is 12.6. The van der Waals surface area contributed by atoms with Gasteiger partial charge in [-0.2, -0.15) is 0 Å². The van der Waals surface area contributed by atoms with Gasteiger partial charge in [0.15, 0.2) is 11.6 Å². The number of Topliss-reactive ketones (excluding diaryl/α,β-unsaturated/α-hetero) is 2. The van der Waals surface area contributed by atoms with Gasteiger partial charge in [0.1, 0.15) is 12.4 Å². The smallest absolute Gasteiger partial charge is 0.188 e. The summed E-state index contributed by atoms with van der Waals surface area (Å²) in [4.78, 5) is 31.9. The molecule has 4 rings (SSSR count). The maximum atomic E-state index is 12.6. The number of aliphatic hydroxyl groups is 1.